The number of fused-ring (bicyclic) bond motifs is 1. The van der Waals surface area contributed by atoms with Gasteiger partial charge in [0.2, 0.25) is 5.91 Å². The van der Waals surface area contributed by atoms with Gasteiger partial charge in [-0.05, 0) is 25.4 Å². The van der Waals surface area contributed by atoms with Gasteiger partial charge < -0.3 is 5.32 Å². The molecule has 0 aromatic carbocycles. The van der Waals surface area contributed by atoms with Gasteiger partial charge >= 0.3 is 0 Å². The largest absolute Gasteiger partial charge is 0.309 e. The van der Waals surface area contributed by atoms with Crippen molar-refractivity contribution in [1.29, 1.82) is 0 Å². The Kier molecular flexibility index (Phi) is 3.49. The molecule has 0 spiro atoms. The van der Waals surface area contributed by atoms with E-state index in [1.807, 2.05) is 6.92 Å². The summed E-state index contributed by atoms with van der Waals surface area (Å²) in [6, 6.07) is 1.76. The molecule has 114 valence electrons. The van der Waals surface area contributed by atoms with E-state index in [9.17, 15) is 9.59 Å². The maximum Gasteiger partial charge on any atom is 0.264 e. The molecule has 9 heteroatoms. The second kappa shape index (κ2) is 5.34. The van der Waals surface area contributed by atoms with Crippen molar-refractivity contribution >= 4 is 33.5 Å². The summed E-state index contributed by atoms with van der Waals surface area (Å²) in [5.41, 5.74) is 1.18. The maximum absolute atomic E-state index is 12.4. The molecule has 22 heavy (non-hydrogen) atoms. The number of hydrogen-bond donors (Lipinski definition) is 1. The van der Waals surface area contributed by atoms with Crippen molar-refractivity contribution in [3.8, 4) is 0 Å². The Morgan fingerprint density at radius 1 is 1.41 bits per heavy atom. The first kappa shape index (κ1) is 14.4. The van der Waals surface area contributed by atoms with E-state index in [2.05, 4.69) is 19.8 Å². The van der Waals surface area contributed by atoms with Crippen molar-refractivity contribution in [2.75, 3.05) is 5.32 Å². The molecule has 1 amide bonds. The molecule has 0 radical (unpaired) electrons. The zero-order valence-corrected chi connectivity index (χ0v) is 13.1. The monoisotopic (exact) mass is 318 g/mol. The van der Waals surface area contributed by atoms with Crippen molar-refractivity contribution < 1.29 is 4.79 Å². The predicted molar refractivity (Wildman–Crippen MR) is 83.0 cm³/mol. The molecule has 0 atom stereocenters. The molecule has 3 rings (SSSR count). The van der Waals surface area contributed by atoms with Gasteiger partial charge in [-0.2, -0.15) is 9.47 Å². The normalized spacial score (nSPS) is 11.0. The highest BCUT2D eigenvalue weighted by molar-refractivity contribution is 7.12. The first-order valence-electron chi connectivity index (χ1n) is 6.57. The Balaban J connectivity index is 1.85. The number of rotatable bonds is 3. The molecule has 0 saturated heterocycles. The van der Waals surface area contributed by atoms with Crippen LogP contribution < -0.4 is 10.9 Å². The van der Waals surface area contributed by atoms with Crippen LogP contribution in [0.3, 0.4) is 0 Å². The van der Waals surface area contributed by atoms with Crippen molar-refractivity contribution in [2.45, 2.75) is 20.4 Å². The van der Waals surface area contributed by atoms with Gasteiger partial charge in [-0.3, -0.25) is 18.8 Å². The molecule has 0 bridgehead atoms. The fourth-order valence-corrected chi connectivity index (χ4v) is 2.92. The molecule has 1 N–H and O–H groups in total. The van der Waals surface area contributed by atoms with E-state index in [0.29, 0.717) is 21.7 Å². The summed E-state index contributed by atoms with van der Waals surface area (Å²) in [4.78, 5) is 29.2. The first-order chi connectivity index (χ1) is 10.5. The van der Waals surface area contributed by atoms with Crippen molar-refractivity contribution in [1.82, 2.24) is 23.7 Å². The van der Waals surface area contributed by atoms with Crippen LogP contribution in [0.25, 0.3) is 10.2 Å². The number of nitrogens with zero attached hydrogens (tertiary/aromatic N) is 5. The second-order valence-corrected chi connectivity index (χ2v) is 5.72. The number of nitrogens with one attached hydrogen (secondary N) is 1. The Hall–Kier alpha value is -2.55. The van der Waals surface area contributed by atoms with E-state index in [1.165, 1.54) is 22.4 Å². The second-order valence-electron chi connectivity index (χ2n) is 4.97. The number of carbonyl (C=O) groups is 1. The lowest BCUT2D eigenvalue weighted by molar-refractivity contribution is -0.116. The van der Waals surface area contributed by atoms with Gasteiger partial charge in [0.25, 0.3) is 5.56 Å². The summed E-state index contributed by atoms with van der Waals surface area (Å²) in [6.45, 7) is 3.48. The number of carbonyl (C=O) groups excluding carboxylic acids is 1. The zero-order valence-electron chi connectivity index (χ0n) is 12.3. The lowest BCUT2D eigenvalue weighted by atomic mass is 10.3. The Morgan fingerprint density at radius 2 is 2.18 bits per heavy atom. The summed E-state index contributed by atoms with van der Waals surface area (Å²) < 4.78 is 6.97. The summed E-state index contributed by atoms with van der Waals surface area (Å²) in [5, 5.41) is 7.34. The van der Waals surface area contributed by atoms with Crippen LogP contribution in [-0.2, 0) is 18.4 Å². The van der Waals surface area contributed by atoms with Crippen molar-refractivity contribution in [2.24, 2.45) is 7.05 Å². The third-order valence-electron chi connectivity index (χ3n) is 3.22. The van der Waals surface area contributed by atoms with Crippen LogP contribution in [0, 0.1) is 13.8 Å². The third-order valence-corrected chi connectivity index (χ3v) is 4.06. The van der Waals surface area contributed by atoms with Gasteiger partial charge in [0.05, 0.1) is 23.1 Å². The van der Waals surface area contributed by atoms with E-state index in [1.54, 1.807) is 24.7 Å². The molecule has 3 aromatic heterocycles. The van der Waals surface area contributed by atoms with Gasteiger partial charge in [-0.15, -0.1) is 0 Å². The average molecular weight is 318 g/mol. The molecule has 8 nitrogen and oxygen atoms in total. The molecule has 0 aliphatic heterocycles. The number of anilines is 1. The highest BCUT2D eigenvalue weighted by Crippen LogP contribution is 2.15. The molecule has 0 fully saturated rings. The quantitative estimate of drug-likeness (QED) is 0.772. The first-order valence-corrected chi connectivity index (χ1v) is 7.35. The van der Waals surface area contributed by atoms with E-state index < -0.39 is 0 Å². The summed E-state index contributed by atoms with van der Waals surface area (Å²) in [6.07, 6.45) is 1.37. The molecule has 3 heterocycles. The lowest BCUT2D eigenvalue weighted by Crippen LogP contribution is -2.28. The van der Waals surface area contributed by atoms with Crippen LogP contribution in [0.4, 0.5) is 5.82 Å². The standard InChI is InChI=1S/C13H14N6O2S/c1-7-4-9(18(3)16-7)15-10(20)5-19-6-14-12-11(13(19)21)8(2)17-22-12/h4,6H,5H2,1-3H3,(H,15,20). The summed E-state index contributed by atoms with van der Waals surface area (Å²) >= 11 is 1.18. The Bertz CT molecular complexity index is 922. The van der Waals surface area contributed by atoms with E-state index >= 15 is 0 Å². The van der Waals surface area contributed by atoms with Crippen LogP contribution in [0.1, 0.15) is 11.4 Å². The minimum Gasteiger partial charge on any atom is -0.309 e. The third kappa shape index (κ3) is 2.50. The summed E-state index contributed by atoms with van der Waals surface area (Å²) in [5.74, 6) is 0.269. The lowest BCUT2D eigenvalue weighted by Gasteiger charge is -2.07. The van der Waals surface area contributed by atoms with Gasteiger partial charge in [0.15, 0.2) is 4.83 Å². The predicted octanol–water partition coefficient (Wildman–Crippen LogP) is 0.842. The number of amides is 1. The minimum absolute atomic E-state index is 0.110. The molecule has 0 aliphatic rings. The fourth-order valence-electron chi connectivity index (χ4n) is 2.19. The van der Waals surface area contributed by atoms with Gasteiger partial charge in [-0.1, -0.05) is 0 Å². The number of hydrogen-bond acceptors (Lipinski definition) is 6. The van der Waals surface area contributed by atoms with Crippen LogP contribution in [0.2, 0.25) is 0 Å². The van der Waals surface area contributed by atoms with Crippen LogP contribution in [-0.4, -0.2) is 29.6 Å². The Labute approximate surface area is 129 Å². The SMILES string of the molecule is Cc1cc(NC(=O)Cn2cnc3snc(C)c3c2=O)n(C)n1. The highest BCUT2D eigenvalue weighted by atomic mass is 32.1. The molecule has 3 aromatic rings. The molecule has 0 saturated carbocycles. The van der Waals surface area contributed by atoms with Crippen LogP contribution in [0.5, 0.6) is 0 Å². The average Bonchev–Trinajstić information content (AvgIpc) is 2.97. The van der Waals surface area contributed by atoms with E-state index in [0.717, 1.165) is 5.69 Å². The summed E-state index contributed by atoms with van der Waals surface area (Å²) in [7, 11) is 1.74. The van der Waals surface area contributed by atoms with E-state index in [-0.39, 0.29) is 18.0 Å². The van der Waals surface area contributed by atoms with Gasteiger partial charge in [0.1, 0.15) is 12.4 Å². The van der Waals surface area contributed by atoms with Crippen molar-refractivity contribution in [3.63, 3.8) is 0 Å². The molecule has 0 aliphatic carbocycles. The van der Waals surface area contributed by atoms with Crippen molar-refractivity contribution in [3.05, 3.63) is 34.1 Å². The van der Waals surface area contributed by atoms with Crippen LogP contribution in [0.15, 0.2) is 17.2 Å². The zero-order chi connectivity index (χ0) is 15.9. The van der Waals surface area contributed by atoms with Gasteiger partial charge in [-0.25, -0.2) is 4.98 Å². The van der Waals surface area contributed by atoms with Gasteiger partial charge in [0, 0.05) is 13.1 Å². The maximum atomic E-state index is 12.4. The molecular formula is C13H14N6O2S. The Morgan fingerprint density at radius 3 is 2.86 bits per heavy atom. The topological polar surface area (TPSA) is 94.7 Å². The smallest absolute Gasteiger partial charge is 0.264 e. The number of aryl methyl sites for hydroxylation is 3. The van der Waals surface area contributed by atoms with Crippen LogP contribution >= 0.6 is 11.5 Å². The molecule has 0 unspecified atom stereocenters. The highest BCUT2D eigenvalue weighted by Gasteiger charge is 2.13. The fraction of sp³-hybridized carbons (Fsp3) is 0.308. The minimum atomic E-state index is -0.313. The number of aromatic nitrogens is 5. The van der Waals surface area contributed by atoms with E-state index in [4.69, 9.17) is 0 Å². The molecular weight excluding hydrogens is 304 g/mol.